The number of sulfone groups is 1. The van der Waals surface area contributed by atoms with Crippen molar-refractivity contribution < 1.29 is 57.4 Å². The molecule has 1 N–H and O–H groups in total. The van der Waals surface area contributed by atoms with Crippen molar-refractivity contribution in [3.63, 3.8) is 0 Å². The highest BCUT2D eigenvalue weighted by atomic mass is 32.2. The van der Waals surface area contributed by atoms with Crippen LogP contribution in [0.1, 0.15) is 50.4 Å². The molecule has 0 unspecified atom stereocenters. The van der Waals surface area contributed by atoms with E-state index < -0.39 is 60.1 Å². The van der Waals surface area contributed by atoms with Crippen molar-refractivity contribution in [2.24, 2.45) is 0 Å². The third kappa shape index (κ3) is 9.60. The van der Waals surface area contributed by atoms with Crippen LogP contribution >= 0.6 is 0 Å². The monoisotopic (exact) mass is 751 g/mol. The van der Waals surface area contributed by atoms with Gasteiger partial charge in [0.2, 0.25) is 9.84 Å². The lowest BCUT2D eigenvalue weighted by atomic mass is 10.0. The summed E-state index contributed by atoms with van der Waals surface area (Å²) in [7, 11) is -10.2. The fraction of sp³-hybridized carbons (Fsp3) is 0.406. The number of nitrogens with one attached hydrogen (secondary N) is 1. The van der Waals surface area contributed by atoms with Gasteiger partial charge in [0.15, 0.2) is 0 Å². The van der Waals surface area contributed by atoms with Crippen LogP contribution in [-0.2, 0) is 31.0 Å². The normalized spacial score (nSPS) is 15.5. The molecule has 1 heterocycles. The van der Waals surface area contributed by atoms with Crippen LogP contribution in [0.25, 0.3) is 0 Å². The summed E-state index contributed by atoms with van der Waals surface area (Å²) in [6.45, 7) is 7.31. The number of nitrogens with zero attached hydrogens (tertiary/aromatic N) is 2. The highest BCUT2D eigenvalue weighted by Gasteiger charge is 2.46. The second-order valence-corrected chi connectivity index (χ2v) is 16.0. The Labute approximate surface area is 285 Å². The molecule has 0 saturated carbocycles. The highest BCUT2D eigenvalue weighted by molar-refractivity contribution is 7.91. The molecule has 4 rings (SSSR count). The van der Waals surface area contributed by atoms with Crippen LogP contribution in [0.5, 0.6) is 5.75 Å². The summed E-state index contributed by atoms with van der Waals surface area (Å²) >= 11 is 0. The molecule has 0 aromatic heterocycles. The Hall–Kier alpha value is -4.03. The van der Waals surface area contributed by atoms with E-state index >= 15 is 0 Å². The van der Waals surface area contributed by atoms with Crippen molar-refractivity contribution >= 4 is 31.6 Å². The molecular weight excluding hydrogens is 716 g/mol. The number of ether oxygens (including phenoxy) is 2. The van der Waals surface area contributed by atoms with E-state index in [1.54, 1.807) is 37.8 Å². The fourth-order valence-electron chi connectivity index (χ4n) is 5.16. The van der Waals surface area contributed by atoms with E-state index in [1.807, 2.05) is 0 Å². The Morgan fingerprint density at radius 3 is 2.00 bits per heavy atom. The molecule has 10 nitrogen and oxygen atoms in total. The lowest BCUT2D eigenvalue weighted by Gasteiger charge is -2.37. The molecule has 1 atom stereocenters. The minimum Gasteiger partial charge on any atom is -0.444 e. The first-order chi connectivity index (χ1) is 23.0. The zero-order valence-corrected chi connectivity index (χ0v) is 28.9. The number of hydrogen-bond acceptors (Lipinski definition) is 8. The van der Waals surface area contributed by atoms with Gasteiger partial charge in [-0.15, -0.1) is 13.2 Å². The van der Waals surface area contributed by atoms with Crippen molar-refractivity contribution in [2.75, 3.05) is 31.1 Å². The number of alkyl halides is 6. The molecule has 1 saturated heterocycles. The number of para-hydroxylation sites is 1. The summed E-state index contributed by atoms with van der Waals surface area (Å²) in [4.78, 5) is 15.1. The lowest BCUT2D eigenvalue weighted by Crippen LogP contribution is -2.50. The van der Waals surface area contributed by atoms with Crippen molar-refractivity contribution in [1.82, 2.24) is 9.62 Å². The third-order valence-electron chi connectivity index (χ3n) is 7.50. The number of rotatable bonds is 9. The summed E-state index contributed by atoms with van der Waals surface area (Å²) in [5, 5.41) is 0. The highest BCUT2D eigenvalue weighted by Crippen LogP contribution is 2.36. The molecule has 1 fully saturated rings. The number of amides is 1. The Morgan fingerprint density at radius 2 is 1.44 bits per heavy atom. The second-order valence-electron chi connectivity index (χ2n) is 12.5. The molecule has 3 aromatic rings. The lowest BCUT2D eigenvalue weighted by molar-refractivity contribution is -0.274. The molecule has 18 heteroatoms. The smallest absolute Gasteiger partial charge is 0.444 e. The van der Waals surface area contributed by atoms with Crippen molar-refractivity contribution in [3.8, 4) is 5.75 Å². The summed E-state index contributed by atoms with van der Waals surface area (Å²) in [6.07, 6.45) is -5.77. The van der Waals surface area contributed by atoms with E-state index in [9.17, 15) is 48.0 Å². The first kappa shape index (κ1) is 38.8. The predicted molar refractivity (Wildman–Crippen MR) is 171 cm³/mol. The Morgan fingerprint density at radius 1 is 0.840 bits per heavy atom. The van der Waals surface area contributed by atoms with Crippen molar-refractivity contribution in [2.45, 2.75) is 67.4 Å². The predicted octanol–water partition coefficient (Wildman–Crippen LogP) is 6.57. The zero-order valence-electron chi connectivity index (χ0n) is 27.3. The molecule has 0 spiro atoms. The maximum atomic E-state index is 14.3. The number of carbonyl (C=O) groups excluding carboxylic acids is 1. The standard InChI is InChI=1S/C32H35F6N3O7S2/c1-21(39-50(45,46)32(36,37)38)23-11-9-22(10-12-23)19-24-13-14-25(47-31(33,34)35)20-28(24)49(43,44)27-8-6-5-7-26(27)40-15-17-41(18-16-40)29(42)48-30(2,3)4/h5-14,20-21,39H,15-19H2,1-4H3/t21-/m0/s1. The van der Waals surface area contributed by atoms with E-state index in [0.717, 1.165) is 12.1 Å². The second kappa shape index (κ2) is 14.3. The summed E-state index contributed by atoms with van der Waals surface area (Å²) in [5.74, 6) is -0.774. The summed E-state index contributed by atoms with van der Waals surface area (Å²) in [5.41, 5.74) is -5.28. The third-order valence-corrected chi connectivity index (χ3v) is 10.7. The average Bonchev–Trinajstić information content (AvgIpc) is 3.00. The van der Waals surface area contributed by atoms with Gasteiger partial charge in [0.25, 0.3) is 0 Å². The number of benzene rings is 3. The quantitative estimate of drug-likeness (QED) is 0.244. The number of piperazine rings is 1. The Bertz CT molecular complexity index is 1900. The van der Waals surface area contributed by atoms with E-state index in [2.05, 4.69) is 4.74 Å². The zero-order chi connectivity index (χ0) is 37.3. The molecule has 274 valence electrons. The first-order valence-electron chi connectivity index (χ1n) is 15.1. The molecule has 3 aromatic carbocycles. The van der Waals surface area contributed by atoms with Gasteiger partial charge in [-0.05, 0) is 75.1 Å². The molecule has 50 heavy (non-hydrogen) atoms. The average molecular weight is 752 g/mol. The van der Waals surface area contributed by atoms with Gasteiger partial charge in [0, 0.05) is 32.2 Å². The topological polar surface area (TPSA) is 122 Å². The number of sulfonamides is 1. The van der Waals surface area contributed by atoms with Crippen LogP contribution in [-0.4, -0.2) is 71.5 Å². The molecule has 1 amide bonds. The molecule has 1 aliphatic rings. The Balaban J connectivity index is 1.65. The van der Waals surface area contributed by atoms with Gasteiger partial charge >= 0.3 is 28.0 Å². The van der Waals surface area contributed by atoms with E-state index in [0.29, 0.717) is 5.56 Å². The molecular formula is C32H35F6N3O7S2. The van der Waals surface area contributed by atoms with Gasteiger partial charge in [-0.3, -0.25) is 0 Å². The van der Waals surface area contributed by atoms with Gasteiger partial charge in [-0.25, -0.2) is 26.4 Å². The number of carbonyl (C=O) groups is 1. The SMILES string of the molecule is C[C@H](NS(=O)(=O)C(F)(F)F)c1ccc(Cc2ccc(OC(F)(F)F)cc2S(=O)(=O)c2ccccc2N2CCN(C(=O)OC(C)(C)C)CC2)cc1. The van der Waals surface area contributed by atoms with Crippen LogP contribution < -0.4 is 14.4 Å². The Kier molecular flexibility index (Phi) is 11.1. The number of anilines is 1. The van der Waals surface area contributed by atoms with Gasteiger partial charge in [0.1, 0.15) is 11.4 Å². The van der Waals surface area contributed by atoms with E-state index in [1.165, 1.54) is 59.0 Å². The molecule has 0 radical (unpaired) electrons. The van der Waals surface area contributed by atoms with Crippen molar-refractivity contribution in [1.29, 1.82) is 0 Å². The minimum atomic E-state index is -5.63. The number of halogens is 6. The molecule has 1 aliphatic heterocycles. The van der Waals surface area contributed by atoms with Crippen molar-refractivity contribution in [3.05, 3.63) is 83.4 Å². The van der Waals surface area contributed by atoms with Crippen LogP contribution in [0.2, 0.25) is 0 Å². The van der Waals surface area contributed by atoms with Crippen LogP contribution in [0.15, 0.2) is 76.5 Å². The van der Waals surface area contributed by atoms with E-state index in [-0.39, 0.29) is 54.3 Å². The van der Waals surface area contributed by atoms with Crippen LogP contribution in [0.4, 0.5) is 36.8 Å². The summed E-state index contributed by atoms with van der Waals surface area (Å²) < 4.78 is 141. The first-order valence-corrected chi connectivity index (χ1v) is 18.1. The minimum absolute atomic E-state index is 0.0858. The van der Waals surface area contributed by atoms with Gasteiger partial charge in [0.05, 0.1) is 15.5 Å². The molecule has 0 bridgehead atoms. The largest absolute Gasteiger partial charge is 0.573 e. The fourth-order valence-corrected chi connectivity index (χ4v) is 7.62. The summed E-state index contributed by atoms with van der Waals surface area (Å²) in [6, 6.07) is 13.2. The van der Waals surface area contributed by atoms with Crippen LogP contribution in [0.3, 0.4) is 0 Å². The molecule has 0 aliphatic carbocycles. The number of hydrogen-bond donors (Lipinski definition) is 1. The van der Waals surface area contributed by atoms with Crippen LogP contribution in [0, 0.1) is 0 Å². The van der Waals surface area contributed by atoms with Gasteiger partial charge < -0.3 is 19.3 Å². The van der Waals surface area contributed by atoms with Gasteiger partial charge in [-0.1, -0.05) is 42.5 Å². The van der Waals surface area contributed by atoms with E-state index in [4.69, 9.17) is 4.74 Å². The maximum absolute atomic E-state index is 14.3. The van der Waals surface area contributed by atoms with Gasteiger partial charge in [-0.2, -0.15) is 13.2 Å². The maximum Gasteiger partial charge on any atom is 0.573 e.